The van der Waals surface area contributed by atoms with Gasteiger partial charge in [0.2, 0.25) is 11.8 Å². The van der Waals surface area contributed by atoms with Gasteiger partial charge in [-0.3, -0.25) is 10.1 Å². The summed E-state index contributed by atoms with van der Waals surface area (Å²) in [4.78, 5) is 18.8. The lowest BCUT2D eigenvalue weighted by Crippen LogP contribution is -2.23. The molecule has 2 aromatic rings. The van der Waals surface area contributed by atoms with Gasteiger partial charge in [-0.2, -0.15) is 4.98 Å². The van der Waals surface area contributed by atoms with Crippen LogP contribution in [0.1, 0.15) is 31.2 Å². The molecule has 1 saturated carbocycles. The number of benzene rings is 1. The summed E-state index contributed by atoms with van der Waals surface area (Å²) in [5.74, 6) is 0.251. The monoisotopic (exact) mass is 533 g/mol. The predicted molar refractivity (Wildman–Crippen MR) is 118 cm³/mol. The molecule has 0 radical (unpaired) electrons. The number of ether oxygens (including phenoxy) is 1. The Labute approximate surface area is 196 Å². The average molecular weight is 534 g/mol. The van der Waals surface area contributed by atoms with E-state index in [0.29, 0.717) is 18.4 Å². The number of alkyl halides is 3. The van der Waals surface area contributed by atoms with Crippen molar-refractivity contribution in [2.45, 2.75) is 38.6 Å². The number of halogens is 4. The minimum Gasteiger partial charge on any atom is -0.404 e. The van der Waals surface area contributed by atoms with Gasteiger partial charge in [0.1, 0.15) is 11.9 Å². The van der Waals surface area contributed by atoms with Gasteiger partial charge in [-0.1, -0.05) is 12.1 Å². The Morgan fingerprint density at radius 1 is 1.21 bits per heavy atom. The second-order valence-corrected chi connectivity index (χ2v) is 8.62. The lowest BCUT2D eigenvalue weighted by atomic mass is 9.82. The van der Waals surface area contributed by atoms with Gasteiger partial charge in [0.15, 0.2) is 0 Å². The van der Waals surface area contributed by atoms with E-state index in [2.05, 4.69) is 41.3 Å². The van der Waals surface area contributed by atoms with Crippen molar-refractivity contribution in [3.05, 3.63) is 44.5 Å². The fraction of sp³-hybridized carbons (Fsp3) is 0.500. The van der Waals surface area contributed by atoms with Gasteiger partial charge in [0.25, 0.3) is 0 Å². The van der Waals surface area contributed by atoms with Crippen molar-refractivity contribution in [2.24, 2.45) is 11.8 Å². The van der Waals surface area contributed by atoms with Crippen molar-refractivity contribution in [1.82, 2.24) is 9.97 Å². The van der Waals surface area contributed by atoms with Crippen LogP contribution in [0, 0.1) is 22.0 Å². The molecule has 0 atom stereocenters. The number of aliphatic hydroxyl groups excluding tert-OH is 1. The average Bonchev–Trinajstić information content (AvgIpc) is 2.77. The summed E-state index contributed by atoms with van der Waals surface area (Å²) in [6.45, 7) is 0.540. The van der Waals surface area contributed by atoms with Crippen molar-refractivity contribution in [1.29, 1.82) is 0 Å². The highest BCUT2D eigenvalue weighted by atomic mass is 79.9. The first kappa shape index (κ1) is 25.0. The smallest absolute Gasteiger partial charge is 0.404 e. The number of nitrogens with one attached hydrogen (secondary N) is 2. The van der Waals surface area contributed by atoms with Gasteiger partial charge in [-0.05, 0) is 59.5 Å². The van der Waals surface area contributed by atoms with Crippen molar-refractivity contribution in [3.8, 4) is 5.75 Å². The van der Waals surface area contributed by atoms with Crippen molar-refractivity contribution in [3.63, 3.8) is 0 Å². The summed E-state index contributed by atoms with van der Waals surface area (Å²) < 4.78 is 42.5. The minimum absolute atomic E-state index is 0.0185. The number of aliphatic hydroxyl groups is 1. The summed E-state index contributed by atoms with van der Waals surface area (Å²) >= 11 is 3.05. The zero-order valence-electron chi connectivity index (χ0n) is 17.4. The standard InChI is InChI=1S/C20H23BrF3N5O4/c21-15-3-1-2-14(17(15)33-20(22,23)24)9-26-19-27-10-16(29(31)32)18(28-19)25-8-12-4-6-13(11-30)7-5-12/h1-3,10,12-13,30H,4-9,11H2,(H2,25,26,27,28). The van der Waals surface area contributed by atoms with Gasteiger partial charge in [0.05, 0.1) is 9.40 Å². The Hall–Kier alpha value is -2.67. The Bertz CT molecular complexity index is 971. The molecule has 1 fully saturated rings. The number of para-hydroxylation sites is 1. The maximum absolute atomic E-state index is 12.7. The first-order valence-electron chi connectivity index (χ1n) is 10.3. The lowest BCUT2D eigenvalue weighted by molar-refractivity contribution is -0.384. The quantitative estimate of drug-likeness (QED) is 0.308. The fourth-order valence-electron chi connectivity index (χ4n) is 3.68. The highest BCUT2D eigenvalue weighted by Crippen LogP contribution is 2.34. The van der Waals surface area contributed by atoms with Crippen LogP contribution in [0.2, 0.25) is 0 Å². The summed E-state index contributed by atoms with van der Waals surface area (Å²) in [6.07, 6.45) is -0.225. The molecule has 0 unspecified atom stereocenters. The molecule has 180 valence electrons. The molecular weight excluding hydrogens is 511 g/mol. The first-order chi connectivity index (χ1) is 15.7. The molecule has 3 N–H and O–H groups in total. The first-order valence-corrected chi connectivity index (χ1v) is 11.1. The van der Waals surface area contributed by atoms with Crippen LogP contribution < -0.4 is 15.4 Å². The highest BCUT2D eigenvalue weighted by Gasteiger charge is 2.33. The van der Waals surface area contributed by atoms with Gasteiger partial charge in [-0.25, -0.2) is 4.98 Å². The second-order valence-electron chi connectivity index (χ2n) is 7.76. The Morgan fingerprint density at radius 2 is 1.91 bits per heavy atom. The molecule has 3 rings (SSSR count). The van der Waals surface area contributed by atoms with Crippen LogP contribution in [-0.2, 0) is 6.54 Å². The molecule has 1 aliphatic rings. The van der Waals surface area contributed by atoms with E-state index in [1.165, 1.54) is 12.1 Å². The van der Waals surface area contributed by atoms with Crippen LogP contribution in [0.25, 0.3) is 0 Å². The van der Waals surface area contributed by atoms with Gasteiger partial charge < -0.3 is 20.5 Å². The number of nitrogens with zero attached hydrogens (tertiary/aromatic N) is 3. The van der Waals surface area contributed by atoms with E-state index in [4.69, 9.17) is 0 Å². The number of hydrogen-bond donors (Lipinski definition) is 3. The summed E-state index contributed by atoms with van der Waals surface area (Å²) in [7, 11) is 0. The lowest BCUT2D eigenvalue weighted by Gasteiger charge is -2.27. The maximum Gasteiger partial charge on any atom is 0.573 e. The molecule has 0 spiro atoms. The maximum atomic E-state index is 12.7. The molecule has 33 heavy (non-hydrogen) atoms. The van der Waals surface area contributed by atoms with Crippen LogP contribution in [0.15, 0.2) is 28.9 Å². The third-order valence-electron chi connectivity index (χ3n) is 5.45. The molecule has 0 aliphatic heterocycles. The molecule has 9 nitrogen and oxygen atoms in total. The predicted octanol–water partition coefficient (Wildman–Crippen LogP) is 4.87. The molecular formula is C20H23BrF3N5O4. The van der Waals surface area contributed by atoms with Crippen molar-refractivity contribution < 1.29 is 27.9 Å². The van der Waals surface area contributed by atoms with Crippen LogP contribution >= 0.6 is 15.9 Å². The topological polar surface area (TPSA) is 122 Å². The SMILES string of the molecule is O=[N+]([O-])c1cnc(NCc2cccc(Br)c2OC(F)(F)F)nc1NCC1CCC(CO)CC1. The van der Waals surface area contributed by atoms with Crippen LogP contribution in [-0.4, -0.2) is 39.5 Å². The summed E-state index contributed by atoms with van der Waals surface area (Å²) in [5.41, 5.74) is -0.105. The van der Waals surface area contributed by atoms with E-state index < -0.39 is 17.0 Å². The highest BCUT2D eigenvalue weighted by molar-refractivity contribution is 9.10. The number of aromatic nitrogens is 2. The molecule has 0 saturated heterocycles. The molecule has 0 bridgehead atoms. The van der Waals surface area contributed by atoms with Gasteiger partial charge in [0, 0.05) is 25.3 Å². The number of nitro groups is 1. The Morgan fingerprint density at radius 3 is 2.55 bits per heavy atom. The van der Waals surface area contributed by atoms with Crippen LogP contribution in [0.3, 0.4) is 0 Å². The van der Waals surface area contributed by atoms with E-state index in [1.807, 2.05) is 0 Å². The van der Waals surface area contributed by atoms with E-state index in [-0.39, 0.29) is 40.6 Å². The van der Waals surface area contributed by atoms with Crippen molar-refractivity contribution >= 4 is 33.4 Å². The van der Waals surface area contributed by atoms with Gasteiger partial charge >= 0.3 is 12.0 Å². The molecule has 1 aromatic carbocycles. The number of anilines is 2. The summed E-state index contributed by atoms with van der Waals surface area (Å²) in [6, 6.07) is 4.43. The van der Waals surface area contributed by atoms with Crippen LogP contribution in [0.4, 0.5) is 30.6 Å². The molecule has 0 amide bonds. The fourth-order valence-corrected chi connectivity index (χ4v) is 4.17. The summed E-state index contributed by atoms with van der Waals surface area (Å²) in [5, 5.41) is 26.4. The van der Waals surface area contributed by atoms with E-state index in [1.54, 1.807) is 6.07 Å². The minimum atomic E-state index is -4.87. The van der Waals surface area contributed by atoms with Gasteiger partial charge in [-0.15, -0.1) is 13.2 Å². The van der Waals surface area contributed by atoms with E-state index in [9.17, 15) is 28.4 Å². The van der Waals surface area contributed by atoms with E-state index in [0.717, 1.165) is 31.9 Å². The third-order valence-corrected chi connectivity index (χ3v) is 6.08. The molecule has 1 heterocycles. The zero-order valence-corrected chi connectivity index (χ0v) is 19.0. The van der Waals surface area contributed by atoms with Crippen LogP contribution in [0.5, 0.6) is 5.75 Å². The normalized spacial score (nSPS) is 18.6. The molecule has 1 aromatic heterocycles. The number of rotatable bonds is 9. The van der Waals surface area contributed by atoms with Crippen molar-refractivity contribution in [2.75, 3.05) is 23.8 Å². The second kappa shape index (κ2) is 11.0. The molecule has 13 heteroatoms. The van der Waals surface area contributed by atoms with E-state index >= 15 is 0 Å². The Kier molecular flexibility index (Phi) is 8.30. The molecule has 1 aliphatic carbocycles. The Balaban J connectivity index is 1.70. The number of hydrogen-bond acceptors (Lipinski definition) is 8. The third kappa shape index (κ3) is 7.16. The largest absolute Gasteiger partial charge is 0.573 e. The zero-order chi connectivity index (χ0) is 24.0.